The molecule has 0 bridgehead atoms. The van der Waals surface area contributed by atoms with Gasteiger partial charge in [-0.1, -0.05) is 103 Å². The number of nitrogens with zero attached hydrogens (tertiary/aromatic N) is 2. The molecule has 244 valence electrons. The molecule has 0 aliphatic carbocycles. The molecule has 0 N–H and O–H groups in total. The van der Waals surface area contributed by atoms with Gasteiger partial charge in [0.25, 0.3) is 0 Å². The molecule has 0 fully saturated rings. The third-order valence-corrected chi connectivity index (χ3v) is 10.8. The van der Waals surface area contributed by atoms with Crippen LogP contribution in [0.4, 0.5) is 0 Å². The maximum absolute atomic E-state index is 6.08. The summed E-state index contributed by atoms with van der Waals surface area (Å²) in [5, 5.41) is 7.31. The number of hydrogen-bond donors (Lipinski definition) is 0. The number of furan rings is 1. The minimum atomic E-state index is 0.917. The topological polar surface area (TPSA) is 23.0 Å². The molecule has 3 heteroatoms. The molecule has 0 radical (unpaired) electrons. The van der Waals surface area contributed by atoms with E-state index in [2.05, 4.69) is 180 Å². The highest BCUT2D eigenvalue weighted by atomic mass is 16.3. The lowest BCUT2D eigenvalue weighted by Gasteiger charge is -2.10. The van der Waals surface area contributed by atoms with Gasteiger partial charge >= 0.3 is 0 Å². The van der Waals surface area contributed by atoms with Crippen LogP contribution in [0, 0.1) is 6.92 Å². The predicted molar refractivity (Wildman–Crippen MR) is 218 cm³/mol. The maximum Gasteiger partial charge on any atom is 0.135 e. The third kappa shape index (κ3) is 4.33. The summed E-state index contributed by atoms with van der Waals surface area (Å²) in [4.78, 5) is 0. The molecule has 11 rings (SSSR count). The van der Waals surface area contributed by atoms with Crippen molar-refractivity contribution >= 4 is 65.6 Å². The van der Waals surface area contributed by atoms with Crippen LogP contribution in [0.15, 0.2) is 180 Å². The van der Waals surface area contributed by atoms with Crippen molar-refractivity contribution in [2.24, 2.45) is 0 Å². The summed E-state index contributed by atoms with van der Waals surface area (Å²) in [5.74, 6) is 0. The minimum absolute atomic E-state index is 0.917. The van der Waals surface area contributed by atoms with Crippen molar-refractivity contribution in [3.63, 3.8) is 0 Å². The zero-order chi connectivity index (χ0) is 34.3. The van der Waals surface area contributed by atoms with Gasteiger partial charge in [0.05, 0.1) is 22.1 Å². The Hall–Kier alpha value is -6.84. The summed E-state index contributed by atoms with van der Waals surface area (Å²) in [5.41, 5.74) is 15.0. The average molecular weight is 665 g/mol. The van der Waals surface area contributed by atoms with Gasteiger partial charge in [-0.2, -0.15) is 0 Å². The van der Waals surface area contributed by atoms with E-state index in [0.717, 1.165) is 27.6 Å². The normalized spacial score (nSPS) is 11.9. The number of benzene rings is 8. The van der Waals surface area contributed by atoms with E-state index < -0.39 is 0 Å². The molecule has 0 unspecified atom stereocenters. The van der Waals surface area contributed by atoms with Gasteiger partial charge in [-0.15, -0.1) is 0 Å². The molecule has 3 heterocycles. The quantitative estimate of drug-likeness (QED) is 0.184. The molecule has 0 aliphatic rings. The van der Waals surface area contributed by atoms with E-state index in [4.69, 9.17) is 4.42 Å². The molecule has 0 saturated heterocycles. The highest BCUT2D eigenvalue weighted by Gasteiger charge is 2.16. The molecule has 0 atom stereocenters. The Labute approximate surface area is 300 Å². The van der Waals surface area contributed by atoms with Gasteiger partial charge in [-0.05, 0) is 108 Å². The van der Waals surface area contributed by atoms with Gasteiger partial charge in [-0.3, -0.25) is 0 Å². The van der Waals surface area contributed by atoms with Crippen molar-refractivity contribution in [1.29, 1.82) is 0 Å². The molecule has 0 aliphatic heterocycles. The summed E-state index contributed by atoms with van der Waals surface area (Å²) in [6, 6.07) is 63.8. The number of rotatable bonds is 4. The smallest absolute Gasteiger partial charge is 0.135 e. The van der Waals surface area contributed by atoms with Crippen LogP contribution in [0.1, 0.15) is 5.56 Å². The van der Waals surface area contributed by atoms with Crippen LogP contribution in [-0.4, -0.2) is 9.13 Å². The lowest BCUT2D eigenvalue weighted by atomic mass is 10.0. The summed E-state index contributed by atoms with van der Waals surface area (Å²) in [7, 11) is 0. The lowest BCUT2D eigenvalue weighted by Crippen LogP contribution is -1.94. The zero-order valence-electron chi connectivity index (χ0n) is 28.5. The van der Waals surface area contributed by atoms with Crippen molar-refractivity contribution in [3.05, 3.63) is 181 Å². The third-order valence-electron chi connectivity index (χ3n) is 10.8. The van der Waals surface area contributed by atoms with E-state index in [1.54, 1.807) is 0 Å². The van der Waals surface area contributed by atoms with Crippen LogP contribution < -0.4 is 0 Å². The van der Waals surface area contributed by atoms with Gasteiger partial charge in [0, 0.05) is 43.7 Å². The molecule has 3 nitrogen and oxygen atoms in total. The second kappa shape index (κ2) is 11.1. The first-order valence-electron chi connectivity index (χ1n) is 17.8. The number of aryl methyl sites for hydroxylation is 1. The van der Waals surface area contributed by atoms with Crippen molar-refractivity contribution < 1.29 is 4.42 Å². The van der Waals surface area contributed by atoms with Gasteiger partial charge in [-0.25, -0.2) is 0 Å². The van der Waals surface area contributed by atoms with Crippen LogP contribution in [0.2, 0.25) is 0 Å². The summed E-state index contributed by atoms with van der Waals surface area (Å²) in [6.45, 7) is 2.14. The van der Waals surface area contributed by atoms with Gasteiger partial charge < -0.3 is 13.6 Å². The van der Waals surface area contributed by atoms with E-state index in [1.165, 1.54) is 77.1 Å². The molecule has 0 saturated carbocycles. The SMILES string of the molecule is Cc1ccc(-n2c3ccccc3c3cc(-c4ccc5c(c4)c4ccccc4n5-c4ccc(-c5ccc6oc7ccccc7c6c5)cc4)ccc32)cc1. The molecule has 8 aromatic carbocycles. The van der Waals surface area contributed by atoms with Crippen molar-refractivity contribution in [2.75, 3.05) is 0 Å². The highest BCUT2D eigenvalue weighted by molar-refractivity contribution is 6.13. The molecule has 0 amide bonds. The molecule has 3 aromatic heterocycles. The van der Waals surface area contributed by atoms with E-state index in [9.17, 15) is 0 Å². The van der Waals surface area contributed by atoms with E-state index in [0.29, 0.717) is 0 Å². The van der Waals surface area contributed by atoms with Crippen LogP contribution in [0.5, 0.6) is 0 Å². The Kier molecular flexibility index (Phi) is 6.17. The second-order valence-corrected chi connectivity index (χ2v) is 13.9. The van der Waals surface area contributed by atoms with Crippen molar-refractivity contribution in [3.8, 4) is 33.6 Å². The standard InChI is InChI=1S/C49H32N2O/c1-31-14-21-36(22-15-31)50-44-11-5-2-8-38(44)41-28-34(18-25-46(41)50)35-19-26-47-42(29-35)39-9-3-6-12-45(39)51(47)37-23-16-32(17-24-37)33-20-27-49-43(30-33)40-10-4-7-13-48(40)52-49/h2-30H,1H3. The summed E-state index contributed by atoms with van der Waals surface area (Å²) in [6.07, 6.45) is 0. The average Bonchev–Trinajstić information content (AvgIpc) is 3.85. The molecular formula is C49H32N2O. The highest BCUT2D eigenvalue weighted by Crippen LogP contribution is 2.39. The fourth-order valence-electron chi connectivity index (χ4n) is 8.26. The first-order valence-corrected chi connectivity index (χ1v) is 17.8. The number of aromatic nitrogens is 2. The maximum atomic E-state index is 6.08. The lowest BCUT2D eigenvalue weighted by molar-refractivity contribution is 0.669. The Bertz CT molecular complexity index is 3170. The van der Waals surface area contributed by atoms with Crippen LogP contribution in [0.25, 0.3) is 99.2 Å². The fourth-order valence-corrected chi connectivity index (χ4v) is 8.26. The first kappa shape index (κ1) is 28.9. The van der Waals surface area contributed by atoms with E-state index in [1.807, 2.05) is 12.1 Å². The minimum Gasteiger partial charge on any atom is -0.456 e. The first-order chi connectivity index (χ1) is 25.7. The van der Waals surface area contributed by atoms with Crippen LogP contribution in [-0.2, 0) is 0 Å². The van der Waals surface area contributed by atoms with E-state index in [-0.39, 0.29) is 0 Å². The monoisotopic (exact) mass is 664 g/mol. The number of fused-ring (bicyclic) bond motifs is 9. The van der Waals surface area contributed by atoms with Crippen LogP contribution >= 0.6 is 0 Å². The largest absolute Gasteiger partial charge is 0.456 e. The van der Waals surface area contributed by atoms with Gasteiger partial charge in [0.15, 0.2) is 0 Å². The summed E-state index contributed by atoms with van der Waals surface area (Å²) < 4.78 is 10.9. The Morgan fingerprint density at radius 3 is 1.37 bits per heavy atom. The summed E-state index contributed by atoms with van der Waals surface area (Å²) >= 11 is 0. The number of para-hydroxylation sites is 3. The predicted octanol–water partition coefficient (Wildman–Crippen LogP) is 13.4. The Balaban J connectivity index is 1.01. The second-order valence-electron chi connectivity index (χ2n) is 13.9. The Morgan fingerprint density at radius 1 is 0.327 bits per heavy atom. The number of hydrogen-bond acceptors (Lipinski definition) is 1. The molecule has 52 heavy (non-hydrogen) atoms. The molecule has 11 aromatic rings. The zero-order valence-corrected chi connectivity index (χ0v) is 28.5. The van der Waals surface area contributed by atoms with Crippen LogP contribution in [0.3, 0.4) is 0 Å². The fraction of sp³-hybridized carbons (Fsp3) is 0.0204. The van der Waals surface area contributed by atoms with E-state index >= 15 is 0 Å². The Morgan fingerprint density at radius 2 is 0.750 bits per heavy atom. The molecule has 0 spiro atoms. The van der Waals surface area contributed by atoms with Crippen molar-refractivity contribution in [2.45, 2.75) is 6.92 Å². The van der Waals surface area contributed by atoms with Gasteiger partial charge in [0.1, 0.15) is 11.2 Å². The molecular weight excluding hydrogens is 633 g/mol. The van der Waals surface area contributed by atoms with Gasteiger partial charge in [0.2, 0.25) is 0 Å². The van der Waals surface area contributed by atoms with Crippen molar-refractivity contribution in [1.82, 2.24) is 9.13 Å².